The number of nitriles is 1. The second kappa shape index (κ2) is 7.79. The summed E-state index contributed by atoms with van der Waals surface area (Å²) in [7, 11) is 0. The van der Waals surface area contributed by atoms with Gasteiger partial charge in [0, 0.05) is 18.8 Å². The van der Waals surface area contributed by atoms with E-state index in [1.165, 1.54) is 0 Å². The van der Waals surface area contributed by atoms with Gasteiger partial charge in [-0.05, 0) is 12.8 Å². The Labute approximate surface area is 111 Å². The number of nitrogens with zero attached hydrogens (tertiary/aromatic N) is 3. The Kier molecular flexibility index (Phi) is 6.32. The fourth-order valence-corrected chi connectivity index (χ4v) is 2.51. The predicted octanol–water partition coefficient (Wildman–Crippen LogP) is -0.988. The number of hydrogen-bond donors (Lipinski definition) is 3. The van der Waals surface area contributed by atoms with Crippen molar-refractivity contribution in [2.45, 2.75) is 18.9 Å². The molecule has 0 aliphatic carbocycles. The minimum atomic E-state index is -0.468. The van der Waals surface area contributed by atoms with Gasteiger partial charge in [-0.15, -0.1) is 11.8 Å². The molecule has 8 heteroatoms. The number of carbonyl (C=O) groups excluding carboxylic acids is 1. The molecule has 18 heavy (non-hydrogen) atoms. The van der Waals surface area contributed by atoms with Gasteiger partial charge in [0.05, 0.1) is 11.9 Å². The number of guanidine groups is 1. The molecule has 0 aromatic rings. The molecule has 1 rings (SSSR count). The Morgan fingerprint density at radius 2 is 2.44 bits per heavy atom. The van der Waals surface area contributed by atoms with Crippen molar-refractivity contribution in [1.82, 2.24) is 10.2 Å². The molecule has 0 saturated carbocycles. The fourth-order valence-electron chi connectivity index (χ4n) is 1.55. The van der Waals surface area contributed by atoms with Crippen molar-refractivity contribution >= 4 is 23.6 Å². The summed E-state index contributed by atoms with van der Waals surface area (Å²) in [5.74, 6) is 1.82. The molecule has 1 saturated heterocycles. The number of thioether (sulfide) groups is 1. The topological polar surface area (TPSA) is 121 Å². The van der Waals surface area contributed by atoms with Crippen LogP contribution in [0.5, 0.6) is 0 Å². The molecule has 0 aromatic heterocycles. The van der Waals surface area contributed by atoms with Crippen molar-refractivity contribution in [2.75, 3.05) is 24.7 Å². The van der Waals surface area contributed by atoms with E-state index >= 15 is 0 Å². The summed E-state index contributed by atoms with van der Waals surface area (Å²) in [5.41, 5.74) is 11.2. The minimum Gasteiger partial charge on any atom is -0.369 e. The fraction of sp³-hybridized carbons (Fsp3) is 0.700. The van der Waals surface area contributed by atoms with Crippen LogP contribution in [0.1, 0.15) is 12.8 Å². The molecule has 5 N–H and O–H groups in total. The molecule has 0 spiro atoms. The number of nitrogens with two attached hydrogens (primary N) is 2. The number of hydrogen-bond acceptors (Lipinski definition) is 5. The van der Waals surface area contributed by atoms with Crippen LogP contribution in [-0.2, 0) is 4.79 Å². The standard InChI is InChI=1S/C10H18N6OS/c11-6-15-10(13)14-3-1-2-8(12)9(17)16-4-5-18-7-16/h8H,1-5,7,12H2,(H3,13,14,15)/t8-/m0/s1. The van der Waals surface area contributed by atoms with Crippen molar-refractivity contribution < 1.29 is 4.79 Å². The maximum Gasteiger partial charge on any atom is 0.240 e. The number of rotatable bonds is 5. The van der Waals surface area contributed by atoms with E-state index in [9.17, 15) is 4.79 Å². The van der Waals surface area contributed by atoms with E-state index in [0.717, 1.165) is 18.2 Å². The Morgan fingerprint density at radius 1 is 1.67 bits per heavy atom. The maximum absolute atomic E-state index is 11.8. The summed E-state index contributed by atoms with van der Waals surface area (Å²) < 4.78 is 0. The molecule has 0 unspecified atom stereocenters. The van der Waals surface area contributed by atoms with E-state index in [0.29, 0.717) is 19.4 Å². The second-order valence-electron chi connectivity index (χ2n) is 3.89. The highest BCUT2D eigenvalue weighted by atomic mass is 32.2. The zero-order valence-electron chi connectivity index (χ0n) is 10.1. The molecule has 0 bridgehead atoms. The highest BCUT2D eigenvalue weighted by molar-refractivity contribution is 7.99. The molecule has 1 amide bonds. The first-order chi connectivity index (χ1) is 8.65. The summed E-state index contributed by atoms with van der Waals surface area (Å²) in [6.07, 6.45) is 2.92. The highest BCUT2D eigenvalue weighted by Gasteiger charge is 2.23. The van der Waals surface area contributed by atoms with Crippen LogP contribution < -0.4 is 16.8 Å². The SMILES string of the molecule is N#CNC(N)=NCCC[C@H](N)C(=O)N1CCSC1. The Morgan fingerprint density at radius 3 is 3.06 bits per heavy atom. The van der Waals surface area contributed by atoms with Crippen LogP contribution in [0, 0.1) is 11.5 Å². The monoisotopic (exact) mass is 270 g/mol. The normalized spacial score (nSPS) is 17.3. The number of aliphatic imine (C=N–C) groups is 1. The van der Waals surface area contributed by atoms with E-state index < -0.39 is 6.04 Å². The molecule has 100 valence electrons. The summed E-state index contributed by atoms with van der Waals surface area (Å²) in [6.45, 7) is 1.24. The quantitative estimate of drug-likeness (QED) is 0.194. The van der Waals surface area contributed by atoms with Crippen molar-refractivity contribution in [3.63, 3.8) is 0 Å². The Balaban J connectivity index is 2.20. The first-order valence-electron chi connectivity index (χ1n) is 5.72. The van der Waals surface area contributed by atoms with E-state index in [1.54, 1.807) is 22.9 Å². The van der Waals surface area contributed by atoms with Crippen LogP contribution >= 0.6 is 11.8 Å². The van der Waals surface area contributed by atoms with Crippen molar-refractivity contribution in [3.8, 4) is 6.19 Å². The van der Waals surface area contributed by atoms with Gasteiger partial charge in [0.25, 0.3) is 0 Å². The summed E-state index contributed by atoms with van der Waals surface area (Å²) in [4.78, 5) is 17.5. The molecule has 1 aliphatic rings. The lowest BCUT2D eigenvalue weighted by molar-refractivity contribution is -0.131. The van der Waals surface area contributed by atoms with Gasteiger partial charge in [-0.2, -0.15) is 5.26 Å². The molecule has 1 fully saturated rings. The maximum atomic E-state index is 11.8. The average molecular weight is 270 g/mol. The van der Waals surface area contributed by atoms with E-state index in [4.69, 9.17) is 16.7 Å². The zero-order chi connectivity index (χ0) is 13.4. The molecular weight excluding hydrogens is 252 g/mol. The summed E-state index contributed by atoms with van der Waals surface area (Å²) >= 11 is 1.74. The van der Waals surface area contributed by atoms with Crippen LogP contribution in [-0.4, -0.2) is 47.5 Å². The number of nitrogens with one attached hydrogen (secondary N) is 1. The van der Waals surface area contributed by atoms with E-state index in [2.05, 4.69) is 10.3 Å². The molecule has 1 atom stereocenters. The third-order valence-corrected chi connectivity index (χ3v) is 3.49. The molecule has 7 nitrogen and oxygen atoms in total. The Hall–Kier alpha value is -1.46. The first-order valence-corrected chi connectivity index (χ1v) is 6.87. The van der Waals surface area contributed by atoms with Crippen molar-refractivity contribution in [2.24, 2.45) is 16.5 Å². The van der Waals surface area contributed by atoms with Crippen LogP contribution in [0.15, 0.2) is 4.99 Å². The first kappa shape index (κ1) is 14.6. The lowest BCUT2D eigenvalue weighted by Gasteiger charge is -2.19. The van der Waals surface area contributed by atoms with Crippen molar-refractivity contribution in [3.05, 3.63) is 0 Å². The van der Waals surface area contributed by atoms with E-state index in [-0.39, 0.29) is 11.9 Å². The van der Waals surface area contributed by atoms with Crippen LogP contribution in [0.4, 0.5) is 0 Å². The molecule has 0 radical (unpaired) electrons. The highest BCUT2D eigenvalue weighted by Crippen LogP contribution is 2.14. The second-order valence-corrected chi connectivity index (χ2v) is 4.97. The van der Waals surface area contributed by atoms with Gasteiger partial charge in [0.1, 0.15) is 0 Å². The Bertz CT molecular complexity index is 347. The third-order valence-electron chi connectivity index (χ3n) is 2.52. The van der Waals surface area contributed by atoms with Crippen LogP contribution in [0.2, 0.25) is 0 Å². The van der Waals surface area contributed by atoms with E-state index in [1.807, 2.05) is 0 Å². The van der Waals surface area contributed by atoms with Crippen LogP contribution in [0.3, 0.4) is 0 Å². The molecule has 0 aromatic carbocycles. The van der Waals surface area contributed by atoms with Gasteiger partial charge in [-0.3, -0.25) is 15.1 Å². The predicted molar refractivity (Wildman–Crippen MR) is 71.5 cm³/mol. The average Bonchev–Trinajstić information content (AvgIpc) is 2.87. The van der Waals surface area contributed by atoms with Gasteiger partial charge < -0.3 is 16.4 Å². The van der Waals surface area contributed by atoms with Gasteiger partial charge in [-0.25, -0.2) is 0 Å². The minimum absolute atomic E-state index is 0.00658. The zero-order valence-corrected chi connectivity index (χ0v) is 10.9. The van der Waals surface area contributed by atoms with Gasteiger partial charge in [0.15, 0.2) is 6.19 Å². The lowest BCUT2D eigenvalue weighted by atomic mass is 10.1. The third kappa shape index (κ3) is 4.81. The van der Waals surface area contributed by atoms with Gasteiger partial charge >= 0.3 is 0 Å². The van der Waals surface area contributed by atoms with Gasteiger partial charge in [0.2, 0.25) is 11.9 Å². The van der Waals surface area contributed by atoms with Crippen LogP contribution in [0.25, 0.3) is 0 Å². The van der Waals surface area contributed by atoms with Crippen molar-refractivity contribution in [1.29, 1.82) is 5.26 Å². The molecule has 1 heterocycles. The van der Waals surface area contributed by atoms with Gasteiger partial charge in [-0.1, -0.05) is 0 Å². The summed E-state index contributed by atoms with van der Waals surface area (Å²) in [6, 6.07) is -0.468. The number of carbonyl (C=O) groups is 1. The smallest absolute Gasteiger partial charge is 0.240 e. The summed E-state index contributed by atoms with van der Waals surface area (Å²) in [5, 5.41) is 10.5. The molecular formula is C10H18N6OS. The molecule has 1 aliphatic heterocycles. The largest absolute Gasteiger partial charge is 0.369 e. The lowest BCUT2D eigenvalue weighted by Crippen LogP contribution is -2.42. The number of amides is 1.